The molecule has 0 aliphatic rings. The molecule has 1 atom stereocenters. The molecule has 1 rings (SSSR count). The molecule has 0 aliphatic carbocycles. The predicted molar refractivity (Wildman–Crippen MR) is 84.6 cm³/mol. The number of hydrogen-bond acceptors (Lipinski definition) is 1. The van der Waals surface area contributed by atoms with Gasteiger partial charge in [0.05, 0.1) is 0 Å². The van der Waals surface area contributed by atoms with E-state index in [2.05, 4.69) is 38.3 Å². The second-order valence-electron chi connectivity index (χ2n) is 5.81. The summed E-state index contributed by atoms with van der Waals surface area (Å²) in [6.07, 6.45) is 12.4. The van der Waals surface area contributed by atoms with E-state index in [9.17, 15) is 0 Å². The summed E-state index contributed by atoms with van der Waals surface area (Å²) in [7, 11) is 0. The van der Waals surface area contributed by atoms with Gasteiger partial charge in [0.1, 0.15) is 0 Å². The normalized spacial score (nSPS) is 14.6. The van der Waals surface area contributed by atoms with E-state index in [0.29, 0.717) is 5.41 Å². The fourth-order valence-corrected chi connectivity index (χ4v) is 3.79. The van der Waals surface area contributed by atoms with Crippen LogP contribution in [0.5, 0.6) is 0 Å². The zero-order valence-corrected chi connectivity index (χ0v) is 13.3. The molecule has 1 unspecified atom stereocenters. The third kappa shape index (κ3) is 5.14. The Kier molecular flexibility index (Phi) is 7.65. The molecule has 0 N–H and O–H groups in total. The highest BCUT2D eigenvalue weighted by atomic mass is 32.1. The summed E-state index contributed by atoms with van der Waals surface area (Å²) in [6.45, 7) is 7.07. The first-order valence-corrected chi connectivity index (χ1v) is 8.65. The summed E-state index contributed by atoms with van der Waals surface area (Å²) < 4.78 is 0. The fraction of sp³-hybridized carbons (Fsp3) is 0.765. The zero-order chi connectivity index (χ0) is 13.3. The van der Waals surface area contributed by atoms with Crippen LogP contribution in [0.15, 0.2) is 17.5 Å². The average Bonchev–Trinajstić information content (AvgIpc) is 2.88. The van der Waals surface area contributed by atoms with Crippen molar-refractivity contribution in [1.82, 2.24) is 0 Å². The lowest BCUT2D eigenvalue weighted by Gasteiger charge is -2.28. The van der Waals surface area contributed by atoms with Gasteiger partial charge >= 0.3 is 0 Å². The smallest absolute Gasteiger partial charge is 0.0104 e. The maximum absolute atomic E-state index is 2.47. The second-order valence-corrected chi connectivity index (χ2v) is 6.75. The first kappa shape index (κ1) is 15.8. The van der Waals surface area contributed by atoms with E-state index in [0.717, 1.165) is 0 Å². The third-order valence-corrected chi connectivity index (χ3v) is 5.18. The maximum atomic E-state index is 2.47. The van der Waals surface area contributed by atoms with Crippen LogP contribution in [-0.2, 0) is 5.41 Å². The molecule has 1 heterocycles. The van der Waals surface area contributed by atoms with Crippen molar-refractivity contribution in [3.05, 3.63) is 22.4 Å². The van der Waals surface area contributed by atoms with E-state index in [4.69, 9.17) is 0 Å². The topological polar surface area (TPSA) is 0 Å². The summed E-state index contributed by atoms with van der Waals surface area (Å²) >= 11 is 1.94. The molecule has 0 saturated carbocycles. The summed E-state index contributed by atoms with van der Waals surface area (Å²) in [6, 6.07) is 4.53. The van der Waals surface area contributed by atoms with E-state index in [1.54, 1.807) is 4.88 Å². The van der Waals surface area contributed by atoms with Gasteiger partial charge in [-0.2, -0.15) is 0 Å². The minimum absolute atomic E-state index is 0.438. The molecule has 0 spiro atoms. The Morgan fingerprint density at radius 3 is 2.28 bits per heavy atom. The summed E-state index contributed by atoms with van der Waals surface area (Å²) in [5.74, 6) is 0. The predicted octanol–water partition coefficient (Wildman–Crippen LogP) is 6.56. The summed E-state index contributed by atoms with van der Waals surface area (Å²) in [5.41, 5.74) is 0.438. The zero-order valence-electron chi connectivity index (χ0n) is 12.5. The lowest BCUT2D eigenvalue weighted by molar-refractivity contribution is 0.382. The van der Waals surface area contributed by atoms with Crippen molar-refractivity contribution in [3.8, 4) is 0 Å². The Bertz CT molecular complexity index is 289. The largest absolute Gasteiger partial charge is 0.148 e. The van der Waals surface area contributed by atoms with Gasteiger partial charge in [-0.1, -0.05) is 71.8 Å². The van der Waals surface area contributed by atoms with E-state index >= 15 is 0 Å². The molecule has 0 bridgehead atoms. The van der Waals surface area contributed by atoms with Crippen molar-refractivity contribution in [2.24, 2.45) is 0 Å². The molecule has 1 aromatic rings. The van der Waals surface area contributed by atoms with Gasteiger partial charge < -0.3 is 0 Å². The number of hydrogen-bond donors (Lipinski definition) is 0. The molecular weight excluding hydrogens is 236 g/mol. The molecule has 0 fully saturated rings. The second kappa shape index (κ2) is 8.74. The standard InChI is InChI=1S/C17H30S/c1-4-6-7-8-9-10-14-17(3,13-5-2)16-12-11-15-18-16/h11-12,15H,4-10,13-14H2,1-3H3. The minimum Gasteiger partial charge on any atom is -0.148 e. The molecule has 104 valence electrons. The Balaban J connectivity index is 2.34. The molecule has 0 aliphatic heterocycles. The molecular formula is C17H30S. The number of thiophene rings is 1. The molecule has 0 aromatic carbocycles. The van der Waals surface area contributed by atoms with Crippen molar-refractivity contribution in [3.63, 3.8) is 0 Å². The van der Waals surface area contributed by atoms with Gasteiger partial charge in [0, 0.05) is 10.3 Å². The van der Waals surface area contributed by atoms with E-state index < -0.39 is 0 Å². The van der Waals surface area contributed by atoms with Crippen LogP contribution in [0.1, 0.15) is 83.4 Å². The lowest BCUT2D eigenvalue weighted by atomic mass is 9.79. The Hall–Kier alpha value is -0.300. The quantitative estimate of drug-likeness (QED) is 0.421. The van der Waals surface area contributed by atoms with Gasteiger partial charge in [-0.15, -0.1) is 11.3 Å². The first-order valence-electron chi connectivity index (χ1n) is 7.77. The van der Waals surface area contributed by atoms with Crippen LogP contribution in [0.2, 0.25) is 0 Å². The Labute approximate surface area is 118 Å². The highest BCUT2D eigenvalue weighted by molar-refractivity contribution is 7.10. The van der Waals surface area contributed by atoms with Crippen LogP contribution in [-0.4, -0.2) is 0 Å². The monoisotopic (exact) mass is 266 g/mol. The highest BCUT2D eigenvalue weighted by Crippen LogP contribution is 2.37. The van der Waals surface area contributed by atoms with Crippen LogP contribution < -0.4 is 0 Å². The van der Waals surface area contributed by atoms with Crippen molar-refractivity contribution < 1.29 is 0 Å². The minimum atomic E-state index is 0.438. The van der Waals surface area contributed by atoms with Crippen molar-refractivity contribution in [1.29, 1.82) is 0 Å². The third-order valence-electron chi connectivity index (χ3n) is 4.00. The number of unbranched alkanes of at least 4 members (excludes halogenated alkanes) is 5. The van der Waals surface area contributed by atoms with Crippen molar-refractivity contribution in [2.45, 2.75) is 84.0 Å². The van der Waals surface area contributed by atoms with Crippen LogP contribution in [0.3, 0.4) is 0 Å². The van der Waals surface area contributed by atoms with Crippen LogP contribution in [0.4, 0.5) is 0 Å². The summed E-state index contributed by atoms with van der Waals surface area (Å²) in [5, 5.41) is 2.23. The van der Waals surface area contributed by atoms with Gasteiger partial charge in [-0.25, -0.2) is 0 Å². The molecule has 1 heteroatoms. The van der Waals surface area contributed by atoms with Gasteiger partial charge in [0.25, 0.3) is 0 Å². The molecule has 0 amide bonds. The lowest BCUT2D eigenvalue weighted by Crippen LogP contribution is -2.20. The van der Waals surface area contributed by atoms with Crippen molar-refractivity contribution >= 4 is 11.3 Å². The van der Waals surface area contributed by atoms with E-state index in [1.807, 2.05) is 11.3 Å². The maximum Gasteiger partial charge on any atom is 0.0104 e. The molecule has 0 saturated heterocycles. The summed E-state index contributed by atoms with van der Waals surface area (Å²) in [4.78, 5) is 1.60. The van der Waals surface area contributed by atoms with Crippen molar-refractivity contribution in [2.75, 3.05) is 0 Å². The Morgan fingerprint density at radius 1 is 0.944 bits per heavy atom. The van der Waals surface area contributed by atoms with Gasteiger partial charge in [0.15, 0.2) is 0 Å². The SMILES string of the molecule is CCCCCCCCC(C)(CCC)c1cccs1. The first-order chi connectivity index (χ1) is 8.73. The van der Waals surface area contributed by atoms with E-state index in [1.165, 1.54) is 57.8 Å². The number of rotatable bonds is 10. The molecule has 1 aromatic heterocycles. The molecule has 0 radical (unpaired) electrons. The van der Waals surface area contributed by atoms with Crippen LogP contribution >= 0.6 is 11.3 Å². The van der Waals surface area contributed by atoms with Crippen LogP contribution in [0, 0.1) is 0 Å². The Morgan fingerprint density at radius 2 is 1.67 bits per heavy atom. The molecule has 0 nitrogen and oxygen atoms in total. The van der Waals surface area contributed by atoms with Gasteiger partial charge in [0.2, 0.25) is 0 Å². The van der Waals surface area contributed by atoms with Crippen LogP contribution in [0.25, 0.3) is 0 Å². The van der Waals surface area contributed by atoms with Gasteiger partial charge in [-0.05, 0) is 24.3 Å². The van der Waals surface area contributed by atoms with Gasteiger partial charge in [-0.3, -0.25) is 0 Å². The molecule has 18 heavy (non-hydrogen) atoms. The fourth-order valence-electron chi connectivity index (χ4n) is 2.84. The van der Waals surface area contributed by atoms with E-state index in [-0.39, 0.29) is 0 Å². The average molecular weight is 266 g/mol. The highest BCUT2D eigenvalue weighted by Gasteiger charge is 2.25.